The summed E-state index contributed by atoms with van der Waals surface area (Å²) in [5.41, 5.74) is 0. The maximum atomic E-state index is 12.5. The number of alkyl halides is 1. The molecule has 5 N–H and O–H groups in total. The van der Waals surface area contributed by atoms with Crippen LogP contribution in [-0.2, 0) is 33.6 Å². The number of hydrogen-bond acceptors (Lipinski definition) is 11. The Balaban J connectivity index is 3.26. The molecule has 0 aromatic heterocycles. The van der Waals surface area contributed by atoms with E-state index < -0.39 is 73.8 Å². The number of esters is 1. The van der Waals surface area contributed by atoms with E-state index >= 15 is 0 Å². The van der Waals surface area contributed by atoms with Crippen molar-refractivity contribution >= 4 is 17.8 Å². The number of aliphatic hydroxyl groups is 4. The fourth-order valence-electron chi connectivity index (χ4n) is 2.47. The molecule has 1 saturated heterocycles. The van der Waals surface area contributed by atoms with E-state index in [1.165, 1.54) is 0 Å². The first kappa shape index (κ1) is 23.1. The molecule has 1 fully saturated rings. The van der Waals surface area contributed by atoms with E-state index in [0.717, 1.165) is 14.0 Å². The third-order valence-electron chi connectivity index (χ3n) is 3.73. The quantitative estimate of drug-likeness (QED) is 0.156. The fourth-order valence-corrected chi connectivity index (χ4v) is 2.47. The van der Waals surface area contributed by atoms with Gasteiger partial charge in [0.05, 0.1) is 25.9 Å². The molecule has 0 saturated carbocycles. The van der Waals surface area contributed by atoms with Crippen molar-refractivity contribution in [2.24, 2.45) is 0 Å². The average molecular weight is 399 g/mol. The Morgan fingerprint density at radius 2 is 2.00 bits per heavy atom. The summed E-state index contributed by atoms with van der Waals surface area (Å²) in [4.78, 5) is 43.5. The van der Waals surface area contributed by atoms with Crippen LogP contribution in [0.4, 0.5) is 4.39 Å². The predicted molar refractivity (Wildman–Crippen MR) is 80.1 cm³/mol. The van der Waals surface area contributed by atoms with Crippen molar-refractivity contribution < 1.29 is 58.4 Å². The van der Waals surface area contributed by atoms with Crippen molar-refractivity contribution in [1.82, 2.24) is 5.32 Å². The van der Waals surface area contributed by atoms with Crippen LogP contribution in [0.3, 0.4) is 0 Å². The molecule has 0 bridgehead atoms. The molecule has 6 atom stereocenters. The van der Waals surface area contributed by atoms with Crippen LogP contribution in [0.15, 0.2) is 0 Å². The summed E-state index contributed by atoms with van der Waals surface area (Å²) in [7, 11) is 0.932. The van der Waals surface area contributed by atoms with Crippen molar-refractivity contribution in [2.45, 2.75) is 49.6 Å². The van der Waals surface area contributed by atoms with Gasteiger partial charge in [-0.25, -0.2) is 14.0 Å². The molecule has 1 aliphatic rings. The zero-order chi connectivity index (χ0) is 20.8. The zero-order valence-electron chi connectivity index (χ0n) is 14.5. The van der Waals surface area contributed by atoms with Gasteiger partial charge in [0.25, 0.3) is 5.91 Å². The standard InChI is InChI=1S/C14H22FNO11/c1-6(18)26-27-14(13(23)24-2)3-7(19)10(16-9(21)4-15)12(25-14)11(22)8(20)5-17/h7-8,10-12,17,19-20,22H,3-5H2,1-2H3,(H,16,21)/t7-,8+,10+,11+,12+,14+/m0/s1. The first-order valence-electron chi connectivity index (χ1n) is 7.74. The average Bonchev–Trinajstić information content (AvgIpc) is 2.65. The minimum Gasteiger partial charge on any atom is -0.465 e. The number of rotatable bonds is 8. The Morgan fingerprint density at radius 3 is 2.48 bits per heavy atom. The summed E-state index contributed by atoms with van der Waals surface area (Å²) in [6.07, 6.45) is -8.03. The fraction of sp³-hybridized carbons (Fsp3) is 0.786. The summed E-state index contributed by atoms with van der Waals surface area (Å²) in [5.74, 6) is -5.99. The molecule has 13 heteroatoms. The van der Waals surface area contributed by atoms with Gasteiger partial charge < -0.3 is 35.2 Å². The maximum absolute atomic E-state index is 12.5. The van der Waals surface area contributed by atoms with Crippen LogP contribution >= 0.6 is 0 Å². The number of nitrogens with one attached hydrogen (secondary N) is 1. The molecule has 12 nitrogen and oxygen atoms in total. The summed E-state index contributed by atoms with van der Waals surface area (Å²) in [5, 5.41) is 41.2. The monoisotopic (exact) mass is 399 g/mol. The van der Waals surface area contributed by atoms with Gasteiger partial charge in [-0.1, -0.05) is 0 Å². The molecule has 156 valence electrons. The Labute approximate surface area is 152 Å². The van der Waals surface area contributed by atoms with Gasteiger partial charge in [-0.3, -0.25) is 9.68 Å². The van der Waals surface area contributed by atoms with Gasteiger partial charge in [0, 0.05) is 13.3 Å². The number of hydrogen-bond donors (Lipinski definition) is 5. The van der Waals surface area contributed by atoms with E-state index in [4.69, 9.17) is 9.84 Å². The largest absolute Gasteiger partial charge is 0.465 e. The predicted octanol–water partition coefficient (Wildman–Crippen LogP) is -3.33. The van der Waals surface area contributed by atoms with E-state index in [9.17, 15) is 34.1 Å². The lowest BCUT2D eigenvalue weighted by molar-refractivity contribution is -0.421. The van der Waals surface area contributed by atoms with Crippen LogP contribution in [0.1, 0.15) is 13.3 Å². The second-order valence-electron chi connectivity index (χ2n) is 5.72. The van der Waals surface area contributed by atoms with E-state index in [0.29, 0.717) is 0 Å². The number of aliphatic hydroxyl groups excluding tert-OH is 4. The molecule has 27 heavy (non-hydrogen) atoms. The van der Waals surface area contributed by atoms with Crippen molar-refractivity contribution in [3.8, 4) is 0 Å². The number of methoxy groups -OCH3 is 1. The molecular weight excluding hydrogens is 377 g/mol. The van der Waals surface area contributed by atoms with E-state index in [2.05, 4.69) is 14.5 Å². The van der Waals surface area contributed by atoms with Gasteiger partial charge in [0.2, 0.25) is 0 Å². The zero-order valence-corrected chi connectivity index (χ0v) is 14.5. The van der Waals surface area contributed by atoms with Crippen LogP contribution in [-0.4, -0.2) is 94.9 Å². The lowest BCUT2D eigenvalue weighted by atomic mass is 9.88. The highest BCUT2D eigenvalue weighted by atomic mass is 19.1. The Bertz CT molecular complexity index is 547. The molecule has 1 rings (SSSR count). The second kappa shape index (κ2) is 9.87. The minimum absolute atomic E-state index is 0.747. The number of carbonyl (C=O) groups is 3. The van der Waals surface area contributed by atoms with Gasteiger partial charge in [-0.15, -0.1) is 4.89 Å². The Kier molecular flexibility index (Phi) is 8.46. The molecule has 0 unspecified atom stereocenters. The highest BCUT2D eigenvalue weighted by Gasteiger charge is 2.58. The molecule has 0 aromatic carbocycles. The van der Waals surface area contributed by atoms with E-state index in [-0.39, 0.29) is 0 Å². The summed E-state index contributed by atoms with van der Waals surface area (Å²) in [6, 6.07) is -1.51. The minimum atomic E-state index is -2.56. The van der Waals surface area contributed by atoms with Gasteiger partial charge >= 0.3 is 17.7 Å². The summed E-state index contributed by atoms with van der Waals surface area (Å²) >= 11 is 0. The third-order valence-corrected chi connectivity index (χ3v) is 3.73. The van der Waals surface area contributed by atoms with Crippen molar-refractivity contribution in [3.63, 3.8) is 0 Å². The smallest absolute Gasteiger partial charge is 0.370 e. The molecule has 0 radical (unpaired) electrons. The number of ether oxygens (including phenoxy) is 2. The van der Waals surface area contributed by atoms with Crippen molar-refractivity contribution in [3.05, 3.63) is 0 Å². The van der Waals surface area contributed by atoms with Gasteiger partial charge in [-0.05, 0) is 0 Å². The van der Waals surface area contributed by atoms with E-state index in [1.54, 1.807) is 0 Å². The maximum Gasteiger partial charge on any atom is 0.370 e. The Morgan fingerprint density at radius 1 is 1.37 bits per heavy atom. The van der Waals surface area contributed by atoms with Crippen LogP contribution in [0.2, 0.25) is 0 Å². The van der Waals surface area contributed by atoms with Crippen LogP contribution in [0, 0.1) is 0 Å². The molecule has 1 amide bonds. The van der Waals surface area contributed by atoms with E-state index in [1.807, 2.05) is 5.32 Å². The number of carbonyl (C=O) groups excluding carboxylic acids is 3. The lowest BCUT2D eigenvalue weighted by Gasteiger charge is -2.45. The van der Waals surface area contributed by atoms with Gasteiger partial charge in [0.15, 0.2) is 6.67 Å². The first-order valence-corrected chi connectivity index (χ1v) is 7.74. The van der Waals surface area contributed by atoms with Crippen LogP contribution < -0.4 is 5.32 Å². The SMILES string of the molecule is COC(=O)[C@]1(OOC(C)=O)C[C@H](O)[C@@H](NC(=O)CF)[C@H]([C@H](O)[C@H](O)CO)O1. The molecule has 0 spiro atoms. The Hall–Kier alpha value is -1.90. The first-order chi connectivity index (χ1) is 12.6. The van der Waals surface area contributed by atoms with Gasteiger partial charge in [0.1, 0.15) is 18.3 Å². The molecule has 0 aliphatic carbocycles. The third kappa shape index (κ3) is 5.54. The highest BCUT2D eigenvalue weighted by molar-refractivity contribution is 5.79. The summed E-state index contributed by atoms with van der Waals surface area (Å²) < 4.78 is 22.3. The summed E-state index contributed by atoms with van der Waals surface area (Å²) in [6.45, 7) is -1.46. The topological polar surface area (TPSA) is 181 Å². The normalized spacial score (nSPS) is 30.1. The van der Waals surface area contributed by atoms with Gasteiger partial charge in [-0.2, -0.15) is 0 Å². The number of halogens is 1. The number of amides is 1. The van der Waals surface area contributed by atoms with Crippen LogP contribution in [0.25, 0.3) is 0 Å². The highest BCUT2D eigenvalue weighted by Crippen LogP contribution is 2.34. The lowest BCUT2D eigenvalue weighted by Crippen LogP contribution is -2.68. The molecule has 0 aromatic rings. The van der Waals surface area contributed by atoms with Crippen molar-refractivity contribution in [2.75, 3.05) is 20.4 Å². The van der Waals surface area contributed by atoms with Crippen molar-refractivity contribution in [1.29, 1.82) is 0 Å². The molecule has 1 aliphatic heterocycles. The second-order valence-corrected chi connectivity index (χ2v) is 5.72. The molecular formula is C14H22FNO11. The van der Waals surface area contributed by atoms with Crippen LogP contribution in [0.5, 0.6) is 0 Å². The molecule has 1 heterocycles.